The van der Waals surface area contributed by atoms with Gasteiger partial charge in [0.15, 0.2) is 0 Å². The Hall–Kier alpha value is -1.68. The molecule has 1 atom stereocenters. The maximum absolute atomic E-state index is 13.4. The van der Waals surface area contributed by atoms with Crippen LogP contribution in [0.3, 0.4) is 0 Å². The number of carbonyl (C=O) groups is 1. The van der Waals surface area contributed by atoms with Crippen LogP contribution in [0.1, 0.15) is 16.0 Å². The van der Waals surface area contributed by atoms with Crippen molar-refractivity contribution in [1.29, 1.82) is 0 Å². The van der Waals surface area contributed by atoms with E-state index in [0.29, 0.717) is 12.1 Å². The highest BCUT2D eigenvalue weighted by atomic mass is 79.9. The van der Waals surface area contributed by atoms with Gasteiger partial charge in [-0.3, -0.25) is 4.79 Å². The summed E-state index contributed by atoms with van der Waals surface area (Å²) in [5, 5.41) is 2.80. The van der Waals surface area contributed by atoms with Crippen molar-refractivity contribution in [3.8, 4) is 0 Å². The second-order valence-corrected chi connectivity index (χ2v) is 5.56. The Morgan fingerprint density at radius 2 is 1.75 bits per heavy atom. The normalized spacial score (nSPS) is 11.9. The second kappa shape index (κ2) is 7.20. The molecule has 2 rings (SSSR count). The van der Waals surface area contributed by atoms with Gasteiger partial charge in [0, 0.05) is 6.54 Å². The highest BCUT2D eigenvalue weighted by molar-refractivity contribution is 9.09. The quantitative estimate of drug-likeness (QED) is 0.830. The molecule has 4 heteroatoms. The third-order valence-corrected chi connectivity index (χ3v) is 3.80. The van der Waals surface area contributed by atoms with E-state index in [-0.39, 0.29) is 23.0 Å². The molecule has 2 nitrogen and oxygen atoms in total. The lowest BCUT2D eigenvalue weighted by molar-refractivity contribution is -0.120. The number of benzene rings is 2. The van der Waals surface area contributed by atoms with E-state index >= 15 is 0 Å². The fourth-order valence-corrected chi connectivity index (χ4v) is 2.33. The Bertz CT molecular complexity index is 574. The minimum atomic E-state index is -0.346. The van der Waals surface area contributed by atoms with Crippen LogP contribution in [0.4, 0.5) is 4.39 Å². The number of nitrogens with one attached hydrogen (secondary N) is 1. The third kappa shape index (κ3) is 4.17. The molecule has 1 unspecified atom stereocenters. The minimum absolute atomic E-state index is 0.0493. The molecule has 0 bridgehead atoms. The zero-order valence-electron chi connectivity index (χ0n) is 10.9. The Kier molecular flexibility index (Phi) is 5.30. The Morgan fingerprint density at radius 3 is 2.45 bits per heavy atom. The average molecular weight is 336 g/mol. The molecule has 0 aliphatic rings. The first kappa shape index (κ1) is 14.7. The Morgan fingerprint density at radius 1 is 1.10 bits per heavy atom. The summed E-state index contributed by atoms with van der Waals surface area (Å²) >= 11 is 3.53. The van der Waals surface area contributed by atoms with Crippen LogP contribution < -0.4 is 5.32 Å². The van der Waals surface area contributed by atoms with E-state index in [0.717, 1.165) is 5.56 Å². The highest BCUT2D eigenvalue weighted by Crippen LogP contribution is 2.21. The largest absolute Gasteiger partial charge is 0.354 e. The summed E-state index contributed by atoms with van der Waals surface area (Å²) in [6.45, 7) is 0.470. The number of hydrogen-bond donors (Lipinski definition) is 1. The van der Waals surface area contributed by atoms with Gasteiger partial charge in [-0.25, -0.2) is 4.39 Å². The van der Waals surface area contributed by atoms with E-state index in [1.165, 1.54) is 6.07 Å². The summed E-state index contributed by atoms with van der Waals surface area (Å²) < 4.78 is 13.4. The van der Waals surface area contributed by atoms with E-state index < -0.39 is 0 Å². The number of carbonyl (C=O) groups excluding carboxylic acids is 1. The Labute approximate surface area is 126 Å². The molecule has 104 valence electrons. The first-order chi connectivity index (χ1) is 9.66. The van der Waals surface area contributed by atoms with Gasteiger partial charge in [0.25, 0.3) is 0 Å². The standard InChI is InChI=1S/C16H15BrFNO/c17-14(12-6-2-1-3-7-12)11-19-16(20)10-13-8-4-5-9-15(13)18/h1-9,14H,10-11H2,(H,19,20). The van der Waals surface area contributed by atoms with Gasteiger partial charge in [-0.1, -0.05) is 64.5 Å². The van der Waals surface area contributed by atoms with Gasteiger partial charge in [0.1, 0.15) is 5.82 Å². The molecule has 0 fully saturated rings. The van der Waals surface area contributed by atoms with Crippen molar-refractivity contribution in [2.45, 2.75) is 11.2 Å². The molecule has 20 heavy (non-hydrogen) atoms. The third-order valence-electron chi connectivity index (χ3n) is 2.95. The molecule has 0 aliphatic heterocycles. The molecule has 1 N–H and O–H groups in total. The van der Waals surface area contributed by atoms with Crippen molar-refractivity contribution in [2.24, 2.45) is 0 Å². The van der Waals surface area contributed by atoms with Crippen molar-refractivity contribution in [3.05, 3.63) is 71.5 Å². The van der Waals surface area contributed by atoms with Crippen molar-refractivity contribution in [3.63, 3.8) is 0 Å². The van der Waals surface area contributed by atoms with Crippen LogP contribution in [0.15, 0.2) is 54.6 Å². The van der Waals surface area contributed by atoms with E-state index in [2.05, 4.69) is 21.2 Å². The maximum Gasteiger partial charge on any atom is 0.224 e. The smallest absolute Gasteiger partial charge is 0.224 e. The number of amides is 1. The lowest BCUT2D eigenvalue weighted by Gasteiger charge is -2.11. The van der Waals surface area contributed by atoms with Crippen molar-refractivity contribution in [1.82, 2.24) is 5.32 Å². The van der Waals surface area contributed by atoms with Gasteiger partial charge in [0.05, 0.1) is 11.2 Å². The van der Waals surface area contributed by atoms with Gasteiger partial charge < -0.3 is 5.32 Å². The number of rotatable bonds is 5. The van der Waals surface area contributed by atoms with E-state index in [1.807, 2.05) is 30.3 Å². The summed E-state index contributed by atoms with van der Waals surface area (Å²) in [5.41, 5.74) is 1.51. The first-order valence-corrected chi connectivity index (χ1v) is 7.27. The van der Waals surface area contributed by atoms with Gasteiger partial charge in [-0.15, -0.1) is 0 Å². The molecule has 0 spiro atoms. The molecule has 2 aromatic carbocycles. The van der Waals surface area contributed by atoms with Crippen LogP contribution in [0.5, 0.6) is 0 Å². The fraction of sp³-hybridized carbons (Fsp3) is 0.188. The lowest BCUT2D eigenvalue weighted by Crippen LogP contribution is -2.28. The van der Waals surface area contributed by atoms with Crippen LogP contribution in [0.25, 0.3) is 0 Å². The molecule has 0 saturated heterocycles. The van der Waals surface area contributed by atoms with E-state index in [1.54, 1.807) is 18.2 Å². The number of alkyl halides is 1. The van der Waals surface area contributed by atoms with Crippen molar-refractivity contribution in [2.75, 3.05) is 6.54 Å². The lowest BCUT2D eigenvalue weighted by atomic mass is 10.1. The van der Waals surface area contributed by atoms with Gasteiger partial charge in [-0.2, -0.15) is 0 Å². The monoisotopic (exact) mass is 335 g/mol. The predicted octanol–water partition coefficient (Wildman–Crippen LogP) is 3.62. The van der Waals surface area contributed by atoms with Gasteiger partial charge in [-0.05, 0) is 17.2 Å². The van der Waals surface area contributed by atoms with Crippen LogP contribution in [0, 0.1) is 5.82 Å². The molecule has 0 aliphatic carbocycles. The fourth-order valence-electron chi connectivity index (χ4n) is 1.86. The van der Waals surface area contributed by atoms with Gasteiger partial charge in [0.2, 0.25) is 5.91 Å². The number of hydrogen-bond acceptors (Lipinski definition) is 1. The second-order valence-electron chi connectivity index (χ2n) is 4.45. The van der Waals surface area contributed by atoms with Gasteiger partial charge >= 0.3 is 0 Å². The summed E-state index contributed by atoms with van der Waals surface area (Å²) in [6, 6.07) is 16.1. The molecular weight excluding hydrogens is 321 g/mol. The molecular formula is C16H15BrFNO. The molecule has 2 aromatic rings. The Balaban J connectivity index is 1.85. The van der Waals surface area contributed by atoms with Crippen LogP contribution in [-0.2, 0) is 11.2 Å². The first-order valence-electron chi connectivity index (χ1n) is 6.36. The van der Waals surface area contributed by atoms with Crippen LogP contribution in [-0.4, -0.2) is 12.5 Å². The molecule has 0 radical (unpaired) electrons. The minimum Gasteiger partial charge on any atom is -0.354 e. The van der Waals surface area contributed by atoms with Crippen LogP contribution in [0.2, 0.25) is 0 Å². The van der Waals surface area contributed by atoms with E-state index in [4.69, 9.17) is 0 Å². The topological polar surface area (TPSA) is 29.1 Å². The average Bonchev–Trinajstić information content (AvgIpc) is 2.48. The summed E-state index contributed by atoms with van der Waals surface area (Å²) in [6.07, 6.45) is 0.0567. The predicted molar refractivity (Wildman–Crippen MR) is 81.2 cm³/mol. The van der Waals surface area contributed by atoms with Crippen LogP contribution >= 0.6 is 15.9 Å². The maximum atomic E-state index is 13.4. The van der Waals surface area contributed by atoms with Crippen molar-refractivity contribution >= 4 is 21.8 Å². The summed E-state index contributed by atoms with van der Waals surface area (Å²) in [4.78, 5) is 11.9. The molecule has 1 amide bonds. The summed E-state index contributed by atoms with van der Waals surface area (Å²) in [7, 11) is 0. The SMILES string of the molecule is O=C(Cc1ccccc1F)NCC(Br)c1ccccc1. The highest BCUT2D eigenvalue weighted by Gasteiger charge is 2.11. The zero-order chi connectivity index (χ0) is 14.4. The molecule has 0 aromatic heterocycles. The summed E-state index contributed by atoms with van der Waals surface area (Å²) in [5.74, 6) is -0.531. The number of halogens is 2. The molecule has 0 saturated carbocycles. The van der Waals surface area contributed by atoms with Crippen molar-refractivity contribution < 1.29 is 9.18 Å². The van der Waals surface area contributed by atoms with E-state index in [9.17, 15) is 9.18 Å². The zero-order valence-corrected chi connectivity index (χ0v) is 12.4. The molecule has 0 heterocycles.